The molecule has 1 aromatic heterocycles. The Bertz CT molecular complexity index is 982. The van der Waals surface area contributed by atoms with Crippen molar-refractivity contribution in [1.29, 1.82) is 0 Å². The van der Waals surface area contributed by atoms with Gasteiger partial charge in [-0.2, -0.15) is 0 Å². The van der Waals surface area contributed by atoms with Crippen LogP contribution in [0.5, 0.6) is 0 Å². The summed E-state index contributed by atoms with van der Waals surface area (Å²) in [5.74, 6) is 0.356. The second-order valence-electron chi connectivity index (χ2n) is 7.69. The van der Waals surface area contributed by atoms with E-state index in [0.717, 1.165) is 22.9 Å². The topological polar surface area (TPSA) is 53.2 Å². The highest BCUT2D eigenvalue weighted by molar-refractivity contribution is 5.98. The Labute approximate surface area is 165 Å². The first-order chi connectivity index (χ1) is 13.6. The van der Waals surface area contributed by atoms with E-state index in [1.807, 2.05) is 60.5 Å². The number of aromatic nitrogens is 1. The number of H-pyrrole nitrogens is 1. The number of benzene rings is 2. The summed E-state index contributed by atoms with van der Waals surface area (Å²) in [5.41, 5.74) is 2.37. The molecule has 0 saturated carbocycles. The number of aromatic amines is 1. The van der Waals surface area contributed by atoms with Gasteiger partial charge in [0, 0.05) is 42.2 Å². The monoisotopic (exact) mass is 374 g/mol. The number of piperidine rings is 1. The maximum Gasteiger partial charge on any atom is 0.253 e. The van der Waals surface area contributed by atoms with Crippen molar-refractivity contribution in [3.8, 4) is 0 Å². The number of amides is 1. The Morgan fingerprint density at radius 3 is 2.50 bits per heavy atom. The summed E-state index contributed by atoms with van der Waals surface area (Å²) in [4.78, 5) is 31.2. The number of hydrogen-bond donors (Lipinski definition) is 1. The van der Waals surface area contributed by atoms with E-state index in [9.17, 15) is 9.59 Å². The molecule has 1 saturated heterocycles. The summed E-state index contributed by atoms with van der Waals surface area (Å²) < 4.78 is 0. The number of likely N-dealkylation sites (tertiary alicyclic amines) is 1. The molecule has 1 aliphatic rings. The maximum atomic E-state index is 13.1. The lowest BCUT2D eigenvalue weighted by molar-refractivity contribution is -0.126. The molecule has 4 rings (SSSR count). The first-order valence-electron chi connectivity index (χ1n) is 10.1. The van der Waals surface area contributed by atoms with Gasteiger partial charge in [0.2, 0.25) is 0 Å². The van der Waals surface area contributed by atoms with Crippen LogP contribution in [0.15, 0.2) is 60.8 Å². The van der Waals surface area contributed by atoms with Gasteiger partial charge < -0.3 is 9.88 Å². The lowest BCUT2D eigenvalue weighted by atomic mass is 9.68. The number of ketones is 1. The number of hydrogen-bond acceptors (Lipinski definition) is 2. The van der Waals surface area contributed by atoms with Gasteiger partial charge in [-0.25, -0.2) is 0 Å². The Hall–Kier alpha value is -2.88. The van der Waals surface area contributed by atoms with Gasteiger partial charge in [0.15, 0.2) is 0 Å². The molecule has 4 nitrogen and oxygen atoms in total. The summed E-state index contributed by atoms with van der Waals surface area (Å²) in [7, 11) is 0. The van der Waals surface area contributed by atoms with Gasteiger partial charge in [-0.05, 0) is 49.1 Å². The Kier molecular flexibility index (Phi) is 5.03. The van der Waals surface area contributed by atoms with Crippen molar-refractivity contribution in [2.75, 3.05) is 13.1 Å². The quantitative estimate of drug-likeness (QED) is 0.703. The highest BCUT2D eigenvalue weighted by Crippen LogP contribution is 2.38. The minimum absolute atomic E-state index is 0.0488. The van der Waals surface area contributed by atoms with Gasteiger partial charge >= 0.3 is 0 Å². The molecule has 1 aliphatic heterocycles. The van der Waals surface area contributed by atoms with Crippen LogP contribution in [0.25, 0.3) is 10.9 Å². The van der Waals surface area contributed by atoms with Crippen LogP contribution in [-0.2, 0) is 10.2 Å². The molecule has 1 amide bonds. The fourth-order valence-electron chi connectivity index (χ4n) is 4.41. The minimum Gasteiger partial charge on any atom is -0.361 e. The summed E-state index contributed by atoms with van der Waals surface area (Å²) in [6, 6.07) is 17.8. The first-order valence-corrected chi connectivity index (χ1v) is 10.1. The van der Waals surface area contributed by atoms with Crippen molar-refractivity contribution in [2.24, 2.45) is 0 Å². The predicted molar refractivity (Wildman–Crippen MR) is 111 cm³/mol. The Morgan fingerprint density at radius 1 is 1.04 bits per heavy atom. The van der Waals surface area contributed by atoms with Crippen LogP contribution in [0, 0.1) is 0 Å². The largest absolute Gasteiger partial charge is 0.361 e. The molecule has 1 N–H and O–H groups in total. The summed E-state index contributed by atoms with van der Waals surface area (Å²) in [6.07, 6.45) is 4.70. The molecule has 2 heterocycles. The summed E-state index contributed by atoms with van der Waals surface area (Å²) >= 11 is 0. The number of rotatable bonds is 5. The van der Waals surface area contributed by atoms with Crippen LogP contribution in [0.1, 0.15) is 48.5 Å². The van der Waals surface area contributed by atoms with E-state index in [2.05, 4.69) is 17.1 Å². The van der Waals surface area contributed by atoms with Crippen molar-refractivity contribution in [1.82, 2.24) is 9.88 Å². The van der Waals surface area contributed by atoms with Crippen LogP contribution < -0.4 is 0 Å². The smallest absolute Gasteiger partial charge is 0.253 e. The normalized spacial score (nSPS) is 16.2. The molecule has 0 radical (unpaired) electrons. The summed E-state index contributed by atoms with van der Waals surface area (Å²) in [5, 5.41) is 1.04. The molecule has 0 spiro atoms. The van der Waals surface area contributed by atoms with E-state index >= 15 is 0 Å². The zero-order valence-electron chi connectivity index (χ0n) is 16.3. The van der Waals surface area contributed by atoms with Crippen LogP contribution in [0.4, 0.5) is 0 Å². The van der Waals surface area contributed by atoms with Crippen molar-refractivity contribution >= 4 is 22.6 Å². The molecule has 0 atom stereocenters. The lowest BCUT2D eigenvalue weighted by Gasteiger charge is -2.41. The molecule has 4 heteroatoms. The van der Waals surface area contributed by atoms with E-state index in [-0.39, 0.29) is 5.91 Å². The van der Waals surface area contributed by atoms with Crippen LogP contribution >= 0.6 is 0 Å². The highest BCUT2D eigenvalue weighted by atomic mass is 16.2. The van der Waals surface area contributed by atoms with Crippen molar-refractivity contribution < 1.29 is 9.59 Å². The zero-order chi connectivity index (χ0) is 19.6. The van der Waals surface area contributed by atoms with Gasteiger partial charge in [0.25, 0.3) is 5.91 Å². The second kappa shape index (κ2) is 7.63. The van der Waals surface area contributed by atoms with Gasteiger partial charge in [0.05, 0.1) is 5.41 Å². The molecule has 3 aromatic rings. The van der Waals surface area contributed by atoms with E-state index in [1.165, 1.54) is 0 Å². The number of Topliss-reactive ketones (excluding diaryl/α,β-unsaturated/α-hetero) is 1. The molecular weight excluding hydrogens is 348 g/mol. The minimum atomic E-state index is -0.460. The number of fused-ring (bicyclic) bond motifs is 1. The molecular formula is C24H26N2O2. The van der Waals surface area contributed by atoms with E-state index in [1.54, 1.807) is 0 Å². The van der Waals surface area contributed by atoms with Crippen LogP contribution in [0.3, 0.4) is 0 Å². The van der Waals surface area contributed by atoms with E-state index in [0.29, 0.717) is 43.7 Å². The van der Waals surface area contributed by atoms with Crippen molar-refractivity contribution in [3.05, 3.63) is 71.9 Å². The SMILES string of the molecule is CCCC(=O)C1(c2ccccc2)CCN(C(=O)c2ccc3[nH]ccc3c2)CC1. The predicted octanol–water partition coefficient (Wildman–Crippen LogP) is 4.71. The fourth-order valence-corrected chi connectivity index (χ4v) is 4.41. The number of carbonyl (C=O) groups excluding carboxylic acids is 2. The van der Waals surface area contributed by atoms with Crippen molar-refractivity contribution in [2.45, 2.75) is 38.0 Å². The van der Waals surface area contributed by atoms with E-state index in [4.69, 9.17) is 0 Å². The third-order valence-corrected chi connectivity index (χ3v) is 6.04. The molecule has 1 fully saturated rings. The van der Waals surface area contributed by atoms with Gasteiger partial charge in [0.1, 0.15) is 5.78 Å². The summed E-state index contributed by atoms with van der Waals surface area (Å²) in [6.45, 7) is 3.26. The third-order valence-electron chi connectivity index (χ3n) is 6.04. The van der Waals surface area contributed by atoms with Gasteiger partial charge in [-0.3, -0.25) is 9.59 Å². The number of carbonyl (C=O) groups is 2. The van der Waals surface area contributed by atoms with Gasteiger partial charge in [-0.1, -0.05) is 37.3 Å². The highest BCUT2D eigenvalue weighted by Gasteiger charge is 2.42. The Balaban J connectivity index is 1.55. The molecule has 0 aliphatic carbocycles. The standard InChI is InChI=1S/C24H26N2O2/c1-2-6-22(27)24(20-7-4-3-5-8-20)12-15-26(16-13-24)23(28)19-9-10-21-18(17-19)11-14-25-21/h3-5,7-11,14,17,25H,2,6,12-13,15-16H2,1H3. The average molecular weight is 374 g/mol. The lowest BCUT2D eigenvalue weighted by Crippen LogP contribution is -2.49. The molecule has 0 unspecified atom stereocenters. The van der Waals surface area contributed by atoms with E-state index < -0.39 is 5.41 Å². The number of nitrogens with zero attached hydrogens (tertiary/aromatic N) is 1. The number of nitrogens with one attached hydrogen (secondary N) is 1. The first kappa shape index (κ1) is 18.5. The van der Waals surface area contributed by atoms with Crippen LogP contribution in [-0.4, -0.2) is 34.7 Å². The Morgan fingerprint density at radius 2 is 1.79 bits per heavy atom. The molecule has 2 aromatic carbocycles. The van der Waals surface area contributed by atoms with Gasteiger partial charge in [-0.15, -0.1) is 0 Å². The van der Waals surface area contributed by atoms with Crippen molar-refractivity contribution in [3.63, 3.8) is 0 Å². The van der Waals surface area contributed by atoms with Crippen LogP contribution in [0.2, 0.25) is 0 Å². The zero-order valence-corrected chi connectivity index (χ0v) is 16.3. The fraction of sp³-hybridized carbons (Fsp3) is 0.333. The maximum absolute atomic E-state index is 13.1. The third kappa shape index (κ3) is 3.24. The molecule has 0 bridgehead atoms. The molecule has 144 valence electrons. The average Bonchev–Trinajstić information content (AvgIpc) is 3.22. The second-order valence-corrected chi connectivity index (χ2v) is 7.69. The molecule has 28 heavy (non-hydrogen) atoms.